The molecule has 2 heterocycles. The van der Waals surface area contributed by atoms with Crippen molar-refractivity contribution in [3.63, 3.8) is 0 Å². The summed E-state index contributed by atoms with van der Waals surface area (Å²) in [5.41, 5.74) is 3.22. The highest BCUT2D eigenvalue weighted by molar-refractivity contribution is 5.59. The fourth-order valence-corrected chi connectivity index (χ4v) is 1.98. The van der Waals surface area contributed by atoms with Gasteiger partial charge in [0.05, 0.1) is 32.2 Å². The molecule has 0 spiro atoms. The zero-order valence-electron chi connectivity index (χ0n) is 11.1. The first-order valence-electron chi connectivity index (χ1n) is 6.27. The SMILES string of the molecule is COc1ccc(Cn2cc(-c3ccnnc3)cn2)cc1. The molecule has 0 unspecified atom stereocenters. The Morgan fingerprint density at radius 2 is 1.85 bits per heavy atom. The highest BCUT2D eigenvalue weighted by Gasteiger charge is 2.03. The molecule has 5 heteroatoms. The molecule has 1 aromatic carbocycles. The van der Waals surface area contributed by atoms with Crippen LogP contribution in [0.25, 0.3) is 11.1 Å². The van der Waals surface area contributed by atoms with Gasteiger partial charge in [-0.1, -0.05) is 12.1 Å². The summed E-state index contributed by atoms with van der Waals surface area (Å²) in [7, 11) is 1.66. The largest absolute Gasteiger partial charge is 0.497 e. The van der Waals surface area contributed by atoms with Gasteiger partial charge in [-0.3, -0.25) is 4.68 Å². The lowest BCUT2D eigenvalue weighted by molar-refractivity contribution is 0.414. The van der Waals surface area contributed by atoms with E-state index in [4.69, 9.17) is 4.74 Å². The third kappa shape index (κ3) is 2.66. The van der Waals surface area contributed by atoms with Crippen molar-refractivity contribution in [2.24, 2.45) is 0 Å². The number of rotatable bonds is 4. The molecular formula is C15H14N4O. The Labute approximate surface area is 116 Å². The van der Waals surface area contributed by atoms with Crippen molar-refractivity contribution < 1.29 is 4.74 Å². The van der Waals surface area contributed by atoms with Gasteiger partial charge in [0.25, 0.3) is 0 Å². The fourth-order valence-electron chi connectivity index (χ4n) is 1.98. The molecule has 0 fully saturated rings. The molecule has 0 atom stereocenters. The van der Waals surface area contributed by atoms with Gasteiger partial charge in [-0.25, -0.2) is 0 Å². The number of hydrogen-bond acceptors (Lipinski definition) is 4. The van der Waals surface area contributed by atoms with E-state index in [-0.39, 0.29) is 0 Å². The maximum atomic E-state index is 5.15. The van der Waals surface area contributed by atoms with Crippen molar-refractivity contribution in [1.29, 1.82) is 0 Å². The lowest BCUT2D eigenvalue weighted by atomic mass is 10.2. The summed E-state index contributed by atoms with van der Waals surface area (Å²) in [5, 5.41) is 12.0. The summed E-state index contributed by atoms with van der Waals surface area (Å²) in [6.07, 6.45) is 7.24. The number of methoxy groups -OCH3 is 1. The minimum atomic E-state index is 0.725. The number of benzene rings is 1. The molecule has 0 aliphatic heterocycles. The Morgan fingerprint density at radius 1 is 1.00 bits per heavy atom. The molecule has 3 aromatic rings. The average molecular weight is 266 g/mol. The summed E-state index contributed by atoms with van der Waals surface area (Å²) in [6.45, 7) is 0.725. The molecule has 0 radical (unpaired) electrons. The molecule has 0 aliphatic carbocycles. The smallest absolute Gasteiger partial charge is 0.118 e. The van der Waals surface area contributed by atoms with E-state index in [1.807, 2.05) is 47.4 Å². The van der Waals surface area contributed by atoms with E-state index in [0.717, 1.165) is 23.4 Å². The Kier molecular flexibility index (Phi) is 3.41. The molecular weight excluding hydrogens is 252 g/mol. The molecule has 0 amide bonds. The van der Waals surface area contributed by atoms with Crippen LogP contribution in [-0.4, -0.2) is 27.1 Å². The van der Waals surface area contributed by atoms with Crippen LogP contribution in [0.5, 0.6) is 5.75 Å². The molecule has 0 N–H and O–H groups in total. The van der Waals surface area contributed by atoms with Crippen LogP contribution in [0, 0.1) is 0 Å². The van der Waals surface area contributed by atoms with E-state index >= 15 is 0 Å². The van der Waals surface area contributed by atoms with Gasteiger partial charge in [0.2, 0.25) is 0 Å². The van der Waals surface area contributed by atoms with Gasteiger partial charge in [-0.2, -0.15) is 15.3 Å². The second-order valence-electron chi connectivity index (χ2n) is 4.41. The van der Waals surface area contributed by atoms with Gasteiger partial charge in [0.1, 0.15) is 5.75 Å². The topological polar surface area (TPSA) is 52.8 Å². The first-order valence-corrected chi connectivity index (χ1v) is 6.27. The molecule has 100 valence electrons. The van der Waals surface area contributed by atoms with Crippen molar-refractivity contribution in [1.82, 2.24) is 20.0 Å². The minimum Gasteiger partial charge on any atom is -0.497 e. The molecule has 0 aliphatic rings. The second kappa shape index (κ2) is 5.52. The monoisotopic (exact) mass is 266 g/mol. The van der Waals surface area contributed by atoms with Crippen LogP contribution in [0.15, 0.2) is 55.1 Å². The van der Waals surface area contributed by atoms with Gasteiger partial charge in [-0.15, -0.1) is 0 Å². The second-order valence-corrected chi connectivity index (χ2v) is 4.41. The minimum absolute atomic E-state index is 0.725. The highest BCUT2D eigenvalue weighted by atomic mass is 16.5. The molecule has 3 rings (SSSR count). The van der Waals surface area contributed by atoms with Crippen molar-refractivity contribution in [2.45, 2.75) is 6.54 Å². The Bertz CT molecular complexity index is 677. The molecule has 20 heavy (non-hydrogen) atoms. The molecule has 5 nitrogen and oxygen atoms in total. The van der Waals surface area contributed by atoms with Crippen LogP contribution in [0.2, 0.25) is 0 Å². The standard InChI is InChI=1S/C15H14N4O/c1-20-15-4-2-12(3-5-15)10-19-11-14(9-18-19)13-6-7-16-17-8-13/h2-9,11H,10H2,1H3. The highest BCUT2D eigenvalue weighted by Crippen LogP contribution is 2.17. The van der Waals surface area contributed by atoms with Gasteiger partial charge in [-0.05, 0) is 23.8 Å². The van der Waals surface area contributed by atoms with Crippen LogP contribution < -0.4 is 4.74 Å². The van der Waals surface area contributed by atoms with Gasteiger partial charge >= 0.3 is 0 Å². The first-order chi connectivity index (χ1) is 9.85. The van der Waals surface area contributed by atoms with E-state index in [1.165, 1.54) is 5.56 Å². The summed E-state index contributed by atoms with van der Waals surface area (Å²) in [4.78, 5) is 0. The molecule has 0 saturated carbocycles. The average Bonchev–Trinajstić information content (AvgIpc) is 2.97. The molecule has 0 saturated heterocycles. The van der Waals surface area contributed by atoms with Crippen molar-refractivity contribution in [3.05, 3.63) is 60.7 Å². The fraction of sp³-hybridized carbons (Fsp3) is 0.133. The quantitative estimate of drug-likeness (QED) is 0.727. The summed E-state index contributed by atoms with van der Waals surface area (Å²) < 4.78 is 7.05. The zero-order valence-corrected chi connectivity index (χ0v) is 11.1. The number of hydrogen-bond donors (Lipinski definition) is 0. The Balaban J connectivity index is 1.77. The molecule has 2 aromatic heterocycles. The van der Waals surface area contributed by atoms with Crippen molar-refractivity contribution in [2.75, 3.05) is 7.11 Å². The first kappa shape index (κ1) is 12.3. The Hall–Kier alpha value is -2.69. The number of aromatic nitrogens is 4. The number of nitrogens with zero attached hydrogens (tertiary/aromatic N) is 4. The number of ether oxygens (including phenoxy) is 1. The van der Waals surface area contributed by atoms with Crippen LogP contribution in [0.1, 0.15) is 5.56 Å². The van der Waals surface area contributed by atoms with Crippen molar-refractivity contribution in [3.8, 4) is 16.9 Å². The van der Waals surface area contributed by atoms with E-state index < -0.39 is 0 Å². The van der Waals surface area contributed by atoms with E-state index in [2.05, 4.69) is 15.3 Å². The zero-order chi connectivity index (χ0) is 13.8. The lowest BCUT2D eigenvalue weighted by Crippen LogP contribution is -1.99. The Morgan fingerprint density at radius 3 is 2.55 bits per heavy atom. The summed E-state index contributed by atoms with van der Waals surface area (Å²) in [6, 6.07) is 9.89. The third-order valence-corrected chi connectivity index (χ3v) is 3.05. The maximum Gasteiger partial charge on any atom is 0.118 e. The van der Waals surface area contributed by atoms with Gasteiger partial charge < -0.3 is 4.74 Å². The molecule has 0 bridgehead atoms. The van der Waals surface area contributed by atoms with Gasteiger partial charge in [0, 0.05) is 17.3 Å². The van der Waals surface area contributed by atoms with E-state index in [0.29, 0.717) is 0 Å². The van der Waals surface area contributed by atoms with Crippen LogP contribution in [0.3, 0.4) is 0 Å². The maximum absolute atomic E-state index is 5.15. The lowest BCUT2D eigenvalue weighted by Gasteiger charge is -2.03. The van der Waals surface area contributed by atoms with E-state index in [9.17, 15) is 0 Å². The van der Waals surface area contributed by atoms with Gasteiger partial charge in [0.15, 0.2) is 0 Å². The van der Waals surface area contributed by atoms with Crippen LogP contribution >= 0.6 is 0 Å². The normalized spacial score (nSPS) is 10.4. The van der Waals surface area contributed by atoms with E-state index in [1.54, 1.807) is 19.5 Å². The predicted octanol–water partition coefficient (Wildman–Crippen LogP) is 2.40. The van der Waals surface area contributed by atoms with Crippen LogP contribution in [0.4, 0.5) is 0 Å². The van der Waals surface area contributed by atoms with Crippen molar-refractivity contribution >= 4 is 0 Å². The van der Waals surface area contributed by atoms with Crippen LogP contribution in [-0.2, 0) is 6.54 Å². The predicted molar refractivity (Wildman–Crippen MR) is 75.3 cm³/mol. The summed E-state index contributed by atoms with van der Waals surface area (Å²) >= 11 is 0. The summed E-state index contributed by atoms with van der Waals surface area (Å²) in [5.74, 6) is 0.859. The third-order valence-electron chi connectivity index (χ3n) is 3.05.